The molecule has 0 spiro atoms. The molecule has 0 aromatic carbocycles. The largest absolute Gasteiger partial charge is 2.00 e. The quantitative estimate of drug-likeness (QED) is 0.414. The molecule has 0 atom stereocenters. The third-order valence-electron chi connectivity index (χ3n) is 2.55. The van der Waals surface area contributed by atoms with Crippen molar-refractivity contribution in [1.29, 1.82) is 0 Å². The Balaban J connectivity index is -0.000000336. The predicted octanol–water partition coefficient (Wildman–Crippen LogP) is -0.326. The maximum Gasteiger partial charge on any atom is 2.00 e. The molecule has 0 radical (unpaired) electrons. The summed E-state index contributed by atoms with van der Waals surface area (Å²) < 4.78 is 4.94. The van der Waals surface area contributed by atoms with E-state index in [1.54, 1.807) is 19.2 Å². The van der Waals surface area contributed by atoms with Crippen molar-refractivity contribution >= 4 is 29.0 Å². The number of halogens is 1. The Kier molecular flexibility index (Phi) is 21.4. The second-order valence-corrected chi connectivity index (χ2v) is 4.57. The van der Waals surface area contributed by atoms with Gasteiger partial charge < -0.3 is 23.6 Å². The number of hydrogen-bond donors (Lipinski definition) is 0. The van der Waals surface area contributed by atoms with E-state index in [0.29, 0.717) is 5.56 Å². The van der Waals surface area contributed by atoms with Crippen molar-refractivity contribution in [1.82, 2.24) is 10.0 Å². The zero-order chi connectivity index (χ0) is 16.1. The summed E-state index contributed by atoms with van der Waals surface area (Å²) in [5, 5.41) is 1.16. The minimum absolute atomic E-state index is 0. The topological polar surface area (TPSA) is 51.7 Å². The molecule has 0 N–H and O–H groups in total. The van der Waals surface area contributed by atoms with Crippen LogP contribution in [-0.4, -0.2) is 66.4 Å². The predicted molar refractivity (Wildman–Crippen MR) is 89.5 cm³/mol. The fourth-order valence-electron chi connectivity index (χ4n) is 1.37. The van der Waals surface area contributed by atoms with Crippen LogP contribution in [0.4, 0.5) is 0 Å². The van der Waals surface area contributed by atoms with Crippen molar-refractivity contribution in [3.05, 3.63) is 36.0 Å². The average Bonchev–Trinajstić information content (AvgIpc) is 3.07. The standard InChI is InChI=1S/C9H12N2O2.C4H8O.C3H7.ClH.Mg/c1-7-4-5-8(6-10-7)9(12)11(2)13-3;1-2-4-5-3-1;1-3-2;;/h4-6H,1-3H3;1-4H2;3H,1-2H3;1H;/q;;-1;;+2/p-1. The molecule has 1 aliphatic heterocycles. The van der Waals surface area contributed by atoms with E-state index < -0.39 is 0 Å². The van der Waals surface area contributed by atoms with Gasteiger partial charge in [0.15, 0.2) is 0 Å². The first-order valence-electron chi connectivity index (χ1n) is 7.13. The molecule has 5 nitrogen and oxygen atoms in total. The van der Waals surface area contributed by atoms with Gasteiger partial charge in [0.1, 0.15) is 0 Å². The van der Waals surface area contributed by atoms with Gasteiger partial charge in [-0.05, 0) is 31.9 Å². The number of amides is 1. The van der Waals surface area contributed by atoms with Crippen molar-refractivity contribution < 1.29 is 26.8 Å². The van der Waals surface area contributed by atoms with Crippen molar-refractivity contribution in [3.8, 4) is 0 Å². The number of pyridine rings is 1. The molecule has 1 saturated heterocycles. The van der Waals surface area contributed by atoms with Gasteiger partial charge in [-0.3, -0.25) is 14.6 Å². The van der Waals surface area contributed by atoms with Crippen LogP contribution in [0.3, 0.4) is 0 Å². The minimum atomic E-state index is -0.199. The van der Waals surface area contributed by atoms with Crippen LogP contribution in [0.15, 0.2) is 18.3 Å². The van der Waals surface area contributed by atoms with Gasteiger partial charge >= 0.3 is 23.1 Å². The van der Waals surface area contributed by atoms with Crippen LogP contribution in [0.25, 0.3) is 0 Å². The summed E-state index contributed by atoms with van der Waals surface area (Å²) in [5.41, 5.74) is 1.41. The first-order valence-corrected chi connectivity index (χ1v) is 7.13. The number of nitrogens with zero attached hydrogens (tertiary/aromatic N) is 2. The van der Waals surface area contributed by atoms with E-state index in [1.165, 1.54) is 26.1 Å². The average molecular weight is 355 g/mol. The monoisotopic (exact) mass is 354 g/mol. The van der Waals surface area contributed by atoms with Crippen molar-refractivity contribution in [2.75, 3.05) is 27.4 Å². The molecular formula is C16H27ClMgN2O3. The Morgan fingerprint density at radius 2 is 1.83 bits per heavy atom. The smallest absolute Gasteiger partial charge is 1.00 e. The Morgan fingerprint density at radius 3 is 2.13 bits per heavy atom. The van der Waals surface area contributed by atoms with Crippen LogP contribution in [-0.2, 0) is 9.57 Å². The number of carbonyl (C=O) groups excluding carboxylic acids is 1. The fraction of sp³-hybridized carbons (Fsp3) is 0.562. The first-order chi connectivity index (χ1) is 10.1. The summed E-state index contributed by atoms with van der Waals surface area (Å²) in [6.45, 7) is 7.87. The summed E-state index contributed by atoms with van der Waals surface area (Å²) in [7, 11) is 3.00. The Morgan fingerprint density at radius 1 is 1.30 bits per heavy atom. The van der Waals surface area contributed by atoms with Crippen molar-refractivity contribution in [2.24, 2.45) is 0 Å². The number of aromatic nitrogens is 1. The van der Waals surface area contributed by atoms with Crippen LogP contribution >= 0.6 is 0 Å². The van der Waals surface area contributed by atoms with Crippen LogP contribution in [0, 0.1) is 13.3 Å². The number of aryl methyl sites for hydroxylation is 1. The van der Waals surface area contributed by atoms with Gasteiger partial charge in [0, 0.05) is 32.2 Å². The molecule has 7 heteroatoms. The molecule has 0 aliphatic carbocycles. The van der Waals surface area contributed by atoms with Gasteiger partial charge in [-0.15, -0.1) is 0 Å². The van der Waals surface area contributed by atoms with Gasteiger partial charge in [-0.2, -0.15) is 13.8 Å². The molecule has 1 amide bonds. The Labute approximate surface area is 162 Å². The van der Waals surface area contributed by atoms with Crippen LogP contribution in [0.2, 0.25) is 0 Å². The summed E-state index contributed by atoms with van der Waals surface area (Å²) in [6.07, 6.45) is 6.09. The second-order valence-electron chi connectivity index (χ2n) is 4.57. The van der Waals surface area contributed by atoms with E-state index in [9.17, 15) is 4.79 Å². The number of hydroxylamine groups is 2. The SMILES string of the molecule is C1CCOC1.CON(C)C(=O)c1ccc(C)nc1.C[CH-]C.[Cl-].[Mg+2]. The van der Waals surface area contributed by atoms with E-state index in [2.05, 4.69) is 4.98 Å². The molecule has 1 fully saturated rings. The molecule has 2 rings (SSSR count). The molecule has 23 heavy (non-hydrogen) atoms. The minimum Gasteiger partial charge on any atom is -1.00 e. The second kappa shape index (κ2) is 17.9. The number of carbonyl (C=O) groups is 1. The molecule has 2 heterocycles. The fourth-order valence-corrected chi connectivity index (χ4v) is 1.37. The van der Waals surface area contributed by atoms with Gasteiger partial charge in [0.05, 0.1) is 12.7 Å². The van der Waals surface area contributed by atoms with Crippen molar-refractivity contribution in [2.45, 2.75) is 33.6 Å². The molecule has 0 bridgehead atoms. The van der Waals surface area contributed by atoms with E-state index in [0.717, 1.165) is 24.0 Å². The summed E-state index contributed by atoms with van der Waals surface area (Å²) in [6, 6.07) is 3.51. The third kappa shape index (κ3) is 13.7. The van der Waals surface area contributed by atoms with Gasteiger partial charge in [-0.1, -0.05) is 0 Å². The molecular weight excluding hydrogens is 328 g/mol. The zero-order valence-corrected chi connectivity index (χ0v) is 17.0. The summed E-state index contributed by atoms with van der Waals surface area (Å²) in [5.74, 6) is -0.199. The van der Waals surface area contributed by atoms with E-state index in [-0.39, 0.29) is 41.4 Å². The van der Waals surface area contributed by atoms with E-state index in [1.807, 2.05) is 27.2 Å². The molecule has 1 aromatic rings. The summed E-state index contributed by atoms with van der Waals surface area (Å²) >= 11 is 0. The molecule has 1 aromatic heterocycles. The van der Waals surface area contributed by atoms with E-state index >= 15 is 0 Å². The molecule has 0 unspecified atom stereocenters. The number of ether oxygens (including phenoxy) is 1. The Hall–Kier alpha value is -0.404. The molecule has 1 aliphatic rings. The first kappa shape index (κ1) is 27.4. The van der Waals surface area contributed by atoms with Crippen LogP contribution in [0.1, 0.15) is 42.7 Å². The van der Waals surface area contributed by atoms with E-state index in [4.69, 9.17) is 9.57 Å². The summed E-state index contributed by atoms with van der Waals surface area (Å²) in [4.78, 5) is 20.2. The normalized spacial score (nSPS) is 11.5. The zero-order valence-electron chi connectivity index (χ0n) is 14.8. The third-order valence-corrected chi connectivity index (χ3v) is 2.55. The van der Waals surface area contributed by atoms with Crippen molar-refractivity contribution in [3.63, 3.8) is 0 Å². The maximum absolute atomic E-state index is 11.4. The number of rotatable bonds is 2. The Bertz CT molecular complexity index is 380. The van der Waals surface area contributed by atoms with Crippen LogP contribution in [0.5, 0.6) is 0 Å². The van der Waals surface area contributed by atoms with Crippen LogP contribution < -0.4 is 12.4 Å². The number of hydrogen-bond acceptors (Lipinski definition) is 4. The molecule has 128 valence electrons. The molecule has 0 saturated carbocycles. The maximum atomic E-state index is 11.4. The van der Waals surface area contributed by atoms with Gasteiger partial charge in [0.25, 0.3) is 5.91 Å². The van der Waals surface area contributed by atoms with Gasteiger partial charge in [-0.25, -0.2) is 5.06 Å². The van der Waals surface area contributed by atoms with Gasteiger partial charge in [0.2, 0.25) is 0 Å².